The SMILES string of the molecule is BCCSC/C=C(\C)CC/C=C(\C)CCC=C(C)C. The van der Waals surface area contributed by atoms with Gasteiger partial charge in [-0.2, -0.15) is 11.8 Å². The van der Waals surface area contributed by atoms with E-state index in [9.17, 15) is 0 Å². The average Bonchev–Trinajstić information content (AvgIpc) is 2.34. The van der Waals surface area contributed by atoms with Crippen LogP contribution in [0.4, 0.5) is 0 Å². The first-order chi connectivity index (χ1) is 9.06. The molecule has 19 heavy (non-hydrogen) atoms. The third-order valence-electron chi connectivity index (χ3n) is 3.02. The molecule has 0 nitrogen and oxygen atoms in total. The zero-order valence-corrected chi connectivity index (χ0v) is 14.4. The number of thioether (sulfide) groups is 1. The maximum absolute atomic E-state index is 2.41. The lowest BCUT2D eigenvalue weighted by molar-refractivity contribution is 0.917. The van der Waals surface area contributed by atoms with E-state index in [1.165, 1.54) is 60.2 Å². The van der Waals surface area contributed by atoms with E-state index in [0.717, 1.165) is 0 Å². The third kappa shape index (κ3) is 13.9. The summed E-state index contributed by atoms with van der Waals surface area (Å²) >= 11 is 2.04. The van der Waals surface area contributed by atoms with Crippen molar-refractivity contribution in [3.63, 3.8) is 0 Å². The molecule has 0 fully saturated rings. The Labute approximate surface area is 126 Å². The molecular formula is C17H31BS. The fourth-order valence-electron chi connectivity index (χ4n) is 1.77. The Hall–Kier alpha value is -0.365. The van der Waals surface area contributed by atoms with Crippen LogP contribution in [0.1, 0.15) is 53.4 Å². The second-order valence-electron chi connectivity index (χ2n) is 5.53. The van der Waals surface area contributed by atoms with Gasteiger partial charge in [0.25, 0.3) is 0 Å². The molecule has 0 radical (unpaired) electrons. The van der Waals surface area contributed by atoms with Crippen LogP contribution < -0.4 is 0 Å². The Balaban J connectivity index is 3.77. The molecule has 0 aliphatic carbocycles. The van der Waals surface area contributed by atoms with Gasteiger partial charge in [0.1, 0.15) is 7.85 Å². The highest BCUT2D eigenvalue weighted by atomic mass is 32.2. The van der Waals surface area contributed by atoms with Crippen molar-refractivity contribution in [1.29, 1.82) is 0 Å². The molecule has 0 saturated carbocycles. The summed E-state index contributed by atoms with van der Waals surface area (Å²) in [6.45, 7) is 8.86. The molecular weight excluding hydrogens is 247 g/mol. The summed E-state index contributed by atoms with van der Waals surface area (Å²) in [6, 6.07) is 0. The number of allylic oxidation sites excluding steroid dienone is 5. The zero-order chi connectivity index (χ0) is 14.5. The molecule has 0 heterocycles. The predicted octanol–water partition coefficient (Wildman–Crippen LogP) is 5.19. The Morgan fingerprint density at radius 1 is 0.895 bits per heavy atom. The van der Waals surface area contributed by atoms with Crippen LogP contribution in [-0.4, -0.2) is 19.4 Å². The summed E-state index contributed by atoms with van der Waals surface area (Å²) in [4.78, 5) is 0. The largest absolute Gasteiger partial charge is 0.159 e. The fourth-order valence-corrected chi connectivity index (χ4v) is 2.63. The van der Waals surface area contributed by atoms with Gasteiger partial charge in [-0.15, -0.1) is 0 Å². The highest BCUT2D eigenvalue weighted by Gasteiger charge is 1.92. The van der Waals surface area contributed by atoms with Crippen molar-refractivity contribution in [1.82, 2.24) is 0 Å². The maximum atomic E-state index is 2.41. The highest BCUT2D eigenvalue weighted by Crippen LogP contribution is 2.12. The van der Waals surface area contributed by atoms with Crippen molar-refractivity contribution >= 4 is 19.6 Å². The summed E-state index contributed by atoms with van der Waals surface area (Å²) in [5.41, 5.74) is 4.50. The minimum absolute atomic E-state index is 1.18. The van der Waals surface area contributed by atoms with E-state index in [-0.39, 0.29) is 0 Å². The van der Waals surface area contributed by atoms with Gasteiger partial charge in [-0.25, -0.2) is 0 Å². The van der Waals surface area contributed by atoms with Crippen LogP contribution in [0.2, 0.25) is 6.32 Å². The molecule has 0 unspecified atom stereocenters. The minimum atomic E-state index is 1.18. The second-order valence-corrected chi connectivity index (χ2v) is 6.68. The Kier molecular flexibility index (Phi) is 12.4. The Morgan fingerprint density at radius 2 is 1.47 bits per heavy atom. The molecule has 2 heteroatoms. The highest BCUT2D eigenvalue weighted by molar-refractivity contribution is 7.99. The lowest BCUT2D eigenvalue weighted by Crippen LogP contribution is -1.83. The number of hydrogen-bond acceptors (Lipinski definition) is 1. The third-order valence-corrected chi connectivity index (χ3v) is 4.12. The van der Waals surface area contributed by atoms with Gasteiger partial charge in [-0.3, -0.25) is 0 Å². The molecule has 0 atom stereocenters. The van der Waals surface area contributed by atoms with Crippen molar-refractivity contribution in [2.24, 2.45) is 0 Å². The summed E-state index contributed by atoms with van der Waals surface area (Å²) in [6.07, 6.45) is 13.2. The van der Waals surface area contributed by atoms with Crippen molar-refractivity contribution in [2.75, 3.05) is 11.5 Å². The Bertz CT molecular complexity index is 309. The number of rotatable bonds is 10. The van der Waals surface area contributed by atoms with E-state index in [0.29, 0.717) is 0 Å². The molecule has 0 aromatic rings. The molecule has 0 aliphatic heterocycles. The van der Waals surface area contributed by atoms with Gasteiger partial charge >= 0.3 is 0 Å². The van der Waals surface area contributed by atoms with Crippen molar-refractivity contribution < 1.29 is 0 Å². The van der Waals surface area contributed by atoms with E-state index >= 15 is 0 Å². The smallest absolute Gasteiger partial charge is 0.102 e. The van der Waals surface area contributed by atoms with E-state index in [2.05, 4.69) is 53.8 Å². The van der Waals surface area contributed by atoms with Gasteiger partial charge in [0.15, 0.2) is 0 Å². The maximum Gasteiger partial charge on any atom is 0.102 e. The van der Waals surface area contributed by atoms with Crippen LogP contribution in [0, 0.1) is 0 Å². The molecule has 0 spiro atoms. The van der Waals surface area contributed by atoms with Gasteiger partial charge in [-0.1, -0.05) is 41.3 Å². The Morgan fingerprint density at radius 3 is 2.05 bits per heavy atom. The molecule has 0 saturated heterocycles. The van der Waals surface area contributed by atoms with Crippen molar-refractivity contribution in [3.05, 3.63) is 34.9 Å². The van der Waals surface area contributed by atoms with Gasteiger partial charge in [-0.05, 0) is 59.1 Å². The summed E-state index contributed by atoms with van der Waals surface area (Å²) in [5.74, 6) is 2.47. The molecule has 0 bridgehead atoms. The van der Waals surface area contributed by atoms with Crippen LogP contribution in [-0.2, 0) is 0 Å². The average molecular weight is 278 g/mol. The molecule has 0 amide bonds. The monoisotopic (exact) mass is 278 g/mol. The van der Waals surface area contributed by atoms with Crippen LogP contribution in [0.25, 0.3) is 0 Å². The first kappa shape index (κ1) is 18.6. The molecule has 0 N–H and O–H groups in total. The summed E-state index contributed by atoms with van der Waals surface area (Å²) in [5, 5.41) is 0. The van der Waals surface area contributed by atoms with E-state index < -0.39 is 0 Å². The van der Waals surface area contributed by atoms with Gasteiger partial charge in [0.05, 0.1) is 0 Å². The van der Waals surface area contributed by atoms with Crippen LogP contribution >= 0.6 is 11.8 Å². The predicted molar refractivity (Wildman–Crippen MR) is 96.1 cm³/mol. The summed E-state index contributed by atoms with van der Waals surface area (Å²) in [7, 11) is 2.24. The van der Waals surface area contributed by atoms with E-state index in [4.69, 9.17) is 0 Å². The van der Waals surface area contributed by atoms with Gasteiger partial charge in [0, 0.05) is 5.75 Å². The lowest BCUT2D eigenvalue weighted by atomic mass is 10.1. The van der Waals surface area contributed by atoms with Crippen LogP contribution in [0.15, 0.2) is 34.9 Å². The minimum Gasteiger partial charge on any atom is -0.159 e. The van der Waals surface area contributed by atoms with Gasteiger partial charge < -0.3 is 0 Å². The second kappa shape index (κ2) is 12.7. The first-order valence-electron chi connectivity index (χ1n) is 7.58. The standard InChI is InChI=1S/C17H31BS/c1-15(2)7-5-8-16(3)9-6-10-17(4)11-13-19-14-12-18/h7,9,11H,5-6,8,10,12-14,18H2,1-4H3/b16-9+,17-11+. The van der Waals surface area contributed by atoms with Crippen LogP contribution in [0.3, 0.4) is 0 Å². The molecule has 0 aliphatic rings. The van der Waals surface area contributed by atoms with E-state index in [1.807, 2.05) is 11.8 Å². The topological polar surface area (TPSA) is 0 Å². The normalized spacial score (nSPS) is 12.6. The lowest BCUT2D eigenvalue weighted by Gasteiger charge is -2.01. The number of hydrogen-bond donors (Lipinski definition) is 0. The van der Waals surface area contributed by atoms with Crippen LogP contribution in [0.5, 0.6) is 0 Å². The zero-order valence-electron chi connectivity index (χ0n) is 13.6. The molecule has 108 valence electrons. The van der Waals surface area contributed by atoms with Crippen molar-refractivity contribution in [2.45, 2.75) is 59.7 Å². The summed E-state index contributed by atoms with van der Waals surface area (Å²) < 4.78 is 0. The fraction of sp³-hybridized carbons (Fsp3) is 0.647. The van der Waals surface area contributed by atoms with Crippen molar-refractivity contribution in [3.8, 4) is 0 Å². The first-order valence-corrected chi connectivity index (χ1v) is 8.74. The van der Waals surface area contributed by atoms with E-state index in [1.54, 1.807) is 0 Å². The quantitative estimate of drug-likeness (QED) is 0.301. The van der Waals surface area contributed by atoms with Gasteiger partial charge in [0.2, 0.25) is 0 Å². The molecule has 0 aromatic heterocycles. The molecule has 0 rings (SSSR count). The molecule has 0 aromatic carbocycles.